The molecule has 0 radical (unpaired) electrons. The van der Waals surface area contributed by atoms with Crippen molar-refractivity contribution in [2.24, 2.45) is 0 Å². The number of nitrogens with one attached hydrogen (secondary N) is 1. The largest absolute Gasteiger partial charge is 0.384 e. The van der Waals surface area contributed by atoms with Gasteiger partial charge in [0.25, 0.3) is 0 Å². The Kier molecular flexibility index (Phi) is 4.26. The number of carbonyl (C=O) groups excluding carboxylic acids is 2. The van der Waals surface area contributed by atoms with Crippen LogP contribution < -0.4 is 11.1 Å². The molecule has 1 fully saturated rings. The van der Waals surface area contributed by atoms with Crippen LogP contribution in [-0.2, 0) is 16.1 Å². The van der Waals surface area contributed by atoms with Crippen molar-refractivity contribution in [1.29, 1.82) is 0 Å². The highest BCUT2D eigenvalue weighted by Crippen LogP contribution is 2.18. The Morgan fingerprint density at radius 1 is 1.50 bits per heavy atom. The molecule has 1 atom stereocenters. The summed E-state index contributed by atoms with van der Waals surface area (Å²) < 4.78 is 1.48. The molecule has 7 nitrogen and oxygen atoms in total. The number of piperidine rings is 1. The van der Waals surface area contributed by atoms with Gasteiger partial charge in [0.15, 0.2) is 0 Å². The number of likely N-dealkylation sites (N-methyl/N-ethyl adjacent to an activating group) is 1. The summed E-state index contributed by atoms with van der Waals surface area (Å²) in [5, 5.41) is 6.80. The Morgan fingerprint density at radius 2 is 2.25 bits per heavy atom. The zero-order valence-corrected chi connectivity index (χ0v) is 11.9. The lowest BCUT2D eigenvalue weighted by atomic mass is 10.0. The van der Waals surface area contributed by atoms with Gasteiger partial charge in [0.05, 0.1) is 5.69 Å². The minimum atomic E-state index is -0.376. The number of anilines is 1. The number of nitrogens with zero attached hydrogens (tertiary/aromatic N) is 3. The Hall–Kier alpha value is -2.05. The number of rotatable bonds is 3. The highest BCUT2D eigenvalue weighted by molar-refractivity contribution is 5.87. The first-order chi connectivity index (χ1) is 9.52. The topological polar surface area (TPSA) is 93.2 Å². The Labute approximate surface area is 118 Å². The lowest BCUT2D eigenvalue weighted by Gasteiger charge is -2.34. The third-order valence-corrected chi connectivity index (χ3v) is 3.59. The SMILES string of the molecule is CNC(=O)[C@H]1CCCCN1C(=O)Cn1nc(C)cc1N. The van der Waals surface area contributed by atoms with Crippen molar-refractivity contribution in [2.45, 2.75) is 38.8 Å². The van der Waals surface area contributed by atoms with Crippen molar-refractivity contribution in [3.05, 3.63) is 11.8 Å². The quantitative estimate of drug-likeness (QED) is 0.808. The molecule has 3 N–H and O–H groups in total. The van der Waals surface area contributed by atoms with E-state index in [1.165, 1.54) is 4.68 Å². The molecule has 2 amide bonds. The average molecular weight is 279 g/mol. The van der Waals surface area contributed by atoms with E-state index in [1.807, 2.05) is 6.92 Å². The van der Waals surface area contributed by atoms with E-state index in [2.05, 4.69) is 10.4 Å². The van der Waals surface area contributed by atoms with Gasteiger partial charge in [0.1, 0.15) is 18.4 Å². The molecule has 110 valence electrons. The molecule has 0 bridgehead atoms. The van der Waals surface area contributed by atoms with Crippen LogP contribution in [0.1, 0.15) is 25.0 Å². The highest BCUT2D eigenvalue weighted by Gasteiger charge is 2.31. The van der Waals surface area contributed by atoms with Crippen LogP contribution in [-0.4, -0.2) is 46.1 Å². The maximum absolute atomic E-state index is 12.4. The number of likely N-dealkylation sites (tertiary alicyclic amines) is 1. The van der Waals surface area contributed by atoms with E-state index in [9.17, 15) is 9.59 Å². The summed E-state index contributed by atoms with van der Waals surface area (Å²) in [6.45, 7) is 2.51. The number of nitrogens with two attached hydrogens (primary N) is 1. The van der Waals surface area contributed by atoms with Crippen LogP contribution in [0.4, 0.5) is 5.82 Å². The van der Waals surface area contributed by atoms with Crippen LogP contribution >= 0.6 is 0 Å². The second kappa shape index (κ2) is 5.94. The van der Waals surface area contributed by atoms with Gasteiger partial charge in [0, 0.05) is 19.7 Å². The number of amides is 2. The second-order valence-corrected chi connectivity index (χ2v) is 5.08. The fourth-order valence-corrected chi connectivity index (χ4v) is 2.58. The molecule has 1 aliphatic heterocycles. The second-order valence-electron chi connectivity index (χ2n) is 5.08. The minimum absolute atomic E-state index is 0.0766. The van der Waals surface area contributed by atoms with Crippen LogP contribution in [0.25, 0.3) is 0 Å². The van der Waals surface area contributed by atoms with E-state index in [1.54, 1.807) is 18.0 Å². The number of hydrogen-bond acceptors (Lipinski definition) is 4. The van der Waals surface area contributed by atoms with E-state index >= 15 is 0 Å². The molecule has 2 heterocycles. The van der Waals surface area contributed by atoms with Gasteiger partial charge in [-0.1, -0.05) is 0 Å². The Balaban J connectivity index is 2.10. The number of aromatic nitrogens is 2. The van der Waals surface area contributed by atoms with Crippen LogP contribution in [0, 0.1) is 6.92 Å². The maximum atomic E-state index is 12.4. The van der Waals surface area contributed by atoms with E-state index in [4.69, 9.17) is 5.73 Å². The fourth-order valence-electron chi connectivity index (χ4n) is 2.58. The molecule has 2 rings (SSSR count). The van der Waals surface area contributed by atoms with Crippen molar-refractivity contribution in [1.82, 2.24) is 20.0 Å². The number of hydrogen-bond donors (Lipinski definition) is 2. The predicted molar refractivity (Wildman–Crippen MR) is 74.8 cm³/mol. The van der Waals surface area contributed by atoms with E-state index in [0.29, 0.717) is 18.8 Å². The van der Waals surface area contributed by atoms with E-state index < -0.39 is 0 Å². The zero-order chi connectivity index (χ0) is 14.7. The van der Waals surface area contributed by atoms with E-state index in [0.717, 1.165) is 18.5 Å². The maximum Gasteiger partial charge on any atom is 0.245 e. The van der Waals surface area contributed by atoms with Gasteiger partial charge in [-0.3, -0.25) is 9.59 Å². The van der Waals surface area contributed by atoms with Crippen molar-refractivity contribution < 1.29 is 9.59 Å². The standard InChI is InChI=1S/C13H21N5O2/c1-9-7-11(14)18(16-9)8-12(19)17-6-4-3-5-10(17)13(20)15-2/h7,10H,3-6,8,14H2,1-2H3,(H,15,20)/t10-/m1/s1. The summed E-state index contributed by atoms with van der Waals surface area (Å²) in [7, 11) is 1.59. The van der Waals surface area contributed by atoms with Crippen molar-refractivity contribution in [3.8, 4) is 0 Å². The van der Waals surface area contributed by atoms with Crippen LogP contribution in [0.5, 0.6) is 0 Å². The first-order valence-electron chi connectivity index (χ1n) is 6.84. The van der Waals surface area contributed by atoms with E-state index in [-0.39, 0.29) is 24.4 Å². The van der Waals surface area contributed by atoms with Crippen molar-refractivity contribution in [2.75, 3.05) is 19.3 Å². The molecular formula is C13H21N5O2. The molecule has 20 heavy (non-hydrogen) atoms. The monoisotopic (exact) mass is 279 g/mol. The smallest absolute Gasteiger partial charge is 0.245 e. The predicted octanol–water partition coefficient (Wildman–Crippen LogP) is -0.0992. The summed E-state index contributed by atoms with van der Waals surface area (Å²) in [4.78, 5) is 25.9. The highest BCUT2D eigenvalue weighted by atomic mass is 16.2. The Bertz CT molecular complexity index is 511. The molecule has 1 aromatic rings. The lowest BCUT2D eigenvalue weighted by Crippen LogP contribution is -2.52. The van der Waals surface area contributed by atoms with Gasteiger partial charge in [-0.2, -0.15) is 5.10 Å². The summed E-state index contributed by atoms with van der Waals surface area (Å²) in [6, 6.07) is 1.35. The van der Waals surface area contributed by atoms with Gasteiger partial charge in [0.2, 0.25) is 11.8 Å². The number of aryl methyl sites for hydroxylation is 1. The molecule has 7 heteroatoms. The summed E-state index contributed by atoms with van der Waals surface area (Å²) in [5.41, 5.74) is 6.57. The molecule has 0 spiro atoms. The lowest BCUT2D eigenvalue weighted by molar-refractivity contribution is -0.142. The Morgan fingerprint density at radius 3 is 2.85 bits per heavy atom. The molecule has 0 unspecified atom stereocenters. The zero-order valence-electron chi connectivity index (χ0n) is 11.9. The number of carbonyl (C=O) groups is 2. The first kappa shape index (κ1) is 14.4. The average Bonchev–Trinajstić information content (AvgIpc) is 2.76. The fraction of sp³-hybridized carbons (Fsp3) is 0.615. The molecule has 1 saturated heterocycles. The normalized spacial score (nSPS) is 18.9. The van der Waals surface area contributed by atoms with Crippen LogP contribution in [0.2, 0.25) is 0 Å². The summed E-state index contributed by atoms with van der Waals surface area (Å²) in [5.74, 6) is 0.236. The third-order valence-electron chi connectivity index (χ3n) is 3.59. The molecule has 1 aromatic heterocycles. The van der Waals surface area contributed by atoms with Crippen molar-refractivity contribution >= 4 is 17.6 Å². The third kappa shape index (κ3) is 2.92. The molecule has 0 aliphatic carbocycles. The minimum Gasteiger partial charge on any atom is -0.384 e. The first-order valence-corrected chi connectivity index (χ1v) is 6.84. The molecule has 0 aromatic carbocycles. The summed E-state index contributed by atoms with van der Waals surface area (Å²) >= 11 is 0. The van der Waals surface area contributed by atoms with Crippen molar-refractivity contribution in [3.63, 3.8) is 0 Å². The van der Waals surface area contributed by atoms with Gasteiger partial charge in [-0.05, 0) is 26.2 Å². The number of nitrogen functional groups attached to an aromatic ring is 1. The molecular weight excluding hydrogens is 258 g/mol. The van der Waals surface area contributed by atoms with Crippen LogP contribution in [0.15, 0.2) is 6.07 Å². The van der Waals surface area contributed by atoms with Crippen LogP contribution in [0.3, 0.4) is 0 Å². The molecule has 1 aliphatic rings. The molecule has 0 saturated carbocycles. The van der Waals surface area contributed by atoms with Gasteiger partial charge in [-0.15, -0.1) is 0 Å². The summed E-state index contributed by atoms with van der Waals surface area (Å²) in [6.07, 6.45) is 2.59. The van der Waals surface area contributed by atoms with Gasteiger partial charge >= 0.3 is 0 Å². The van der Waals surface area contributed by atoms with Gasteiger partial charge < -0.3 is 16.0 Å². The van der Waals surface area contributed by atoms with Gasteiger partial charge in [-0.25, -0.2) is 4.68 Å².